The van der Waals surface area contributed by atoms with Crippen LogP contribution in [0.2, 0.25) is 0 Å². The number of likely N-dealkylation sites (N-methyl/N-ethyl adjacent to an activating group) is 2. The maximum atomic E-state index is 12.2. The summed E-state index contributed by atoms with van der Waals surface area (Å²) in [5.41, 5.74) is 0. The molecule has 0 aromatic carbocycles. The number of Topliss-reactive ketones (excluding diaryl/α,β-unsaturated/α-hetero) is 9. The number of hydrogen-bond donors (Lipinski definition) is 21. The van der Waals surface area contributed by atoms with E-state index < -0.39 is 138 Å². The van der Waals surface area contributed by atoms with Gasteiger partial charge in [-0.25, -0.2) is 0 Å². The number of carbonyl (C=O) groups is 16. The van der Waals surface area contributed by atoms with Crippen LogP contribution in [0.4, 0.5) is 0 Å². The highest BCUT2D eigenvalue weighted by Crippen LogP contribution is 2.17. The quantitative estimate of drug-likeness (QED) is 0.0252. The van der Waals surface area contributed by atoms with Crippen molar-refractivity contribution in [3.05, 3.63) is 0 Å². The van der Waals surface area contributed by atoms with Crippen LogP contribution in [-0.2, 0) is 100 Å². The van der Waals surface area contributed by atoms with Crippen molar-refractivity contribution in [2.45, 2.75) is 229 Å². The molecule has 0 bridgehead atoms. The molecule has 0 aromatic heterocycles. The number of ketones is 9. The lowest BCUT2D eigenvalue weighted by molar-refractivity contribution is -0.154. The third kappa shape index (κ3) is 61.2. The number of thioether (sulfide) groups is 2. The van der Waals surface area contributed by atoms with Crippen LogP contribution < -0.4 is 37.2 Å². The van der Waals surface area contributed by atoms with Gasteiger partial charge >= 0.3 is 11.9 Å². The van der Waals surface area contributed by atoms with Crippen molar-refractivity contribution in [2.24, 2.45) is 5.92 Å². The van der Waals surface area contributed by atoms with Crippen molar-refractivity contribution in [1.29, 1.82) is 0 Å². The van der Waals surface area contributed by atoms with E-state index in [-0.39, 0.29) is 232 Å². The Labute approximate surface area is 700 Å². The monoisotopic (exact) mass is 1750 g/mol. The molecule has 0 aliphatic carbocycles. The smallest absolute Gasteiger partial charge is 0.321 e. The summed E-state index contributed by atoms with van der Waals surface area (Å²) in [5.74, 6) is -9.94. The summed E-state index contributed by atoms with van der Waals surface area (Å²) in [6.07, 6.45) is -21.9. The lowest BCUT2D eigenvalue weighted by Gasteiger charge is -2.25. The Bertz CT molecular complexity index is 2980. The zero-order chi connectivity index (χ0) is 90.8. The topological polar surface area (TPSA) is 687 Å². The van der Waals surface area contributed by atoms with Crippen molar-refractivity contribution < 1.29 is 172 Å². The van der Waals surface area contributed by atoms with Crippen LogP contribution in [0.15, 0.2) is 0 Å². The van der Waals surface area contributed by atoms with E-state index in [4.69, 9.17) is 28.8 Å². The van der Waals surface area contributed by atoms with Crippen LogP contribution in [0.5, 0.6) is 0 Å². The van der Waals surface area contributed by atoms with E-state index in [1.165, 1.54) is 27.8 Å². The molecule has 2 unspecified atom stereocenters. The van der Waals surface area contributed by atoms with Gasteiger partial charge in [0.05, 0.1) is 70.3 Å². The third-order valence-corrected chi connectivity index (χ3v) is 19.0. The number of ether oxygens (including phenoxy) is 5. The molecular weight excluding hydrogens is 1620 g/mol. The molecule has 0 saturated carbocycles. The van der Waals surface area contributed by atoms with E-state index in [2.05, 4.69) is 37.2 Å². The largest absolute Gasteiger partial charge is 0.481 e. The third-order valence-electron chi connectivity index (χ3n) is 16.8. The van der Waals surface area contributed by atoms with E-state index in [0.717, 1.165) is 29.9 Å². The van der Waals surface area contributed by atoms with E-state index in [0.29, 0.717) is 52.0 Å². The number of rotatable bonds is 75. The first-order valence-electron chi connectivity index (χ1n) is 39.2. The fourth-order valence-electron chi connectivity index (χ4n) is 9.41. The fourth-order valence-corrected chi connectivity index (χ4v) is 11.4. The number of amides is 5. The van der Waals surface area contributed by atoms with Gasteiger partial charge in [-0.2, -0.15) is 11.8 Å². The standard InChI is InChI=1S/C31H51N3O15S2.C24H44N2O11.C20H36N2O9/c1-18(35)7-11-49-12-8-20(36)13-19(30(45)46)14-50-15-21(37)5-3-10-34-29(44)28(43)27(42)26(41)25(40)23(38)6-4-9-33-24(39)17-51-16-22(32-2)31(47)48;1-17(27)7-13-36-14-8-18(28)5-3-11-35-12-4-6-19(29)20(30)21(31)22(32)23(33)24(34)26-10-16-37-15-9-25-2;1-3-4-9-22-20(30)19(29)18(28)17(27)16(26)14(24)6-5-10-21-15(25)8-12-31-11-7-13(2)23/h19,22,25-28,32,40-43H,3-17H2,1-2H3,(H,33,39)(H,34,44)(H,45,46)(H,47,48);20-23,25,30-33H,3-16H2,1-2H3,(H,26,34);16-19,26-29H,3-12H2,1-2H3,(H,21,25)(H,22,30)/t19?,22?,25-,26+,27+,28-;20-,21+,22+,23-;16-,17+,18+,19-/m000/s1. The molecule has 688 valence electrons. The second-order valence-corrected chi connectivity index (χ2v) is 29.4. The van der Waals surface area contributed by atoms with Crippen molar-refractivity contribution in [3.8, 4) is 0 Å². The first-order valence-corrected chi connectivity index (χ1v) is 41.5. The lowest BCUT2D eigenvalue weighted by Crippen LogP contribution is -2.52. The Morgan fingerprint density at radius 1 is 0.319 bits per heavy atom. The number of aliphatic hydroxyl groups excluding tert-OH is 12. The van der Waals surface area contributed by atoms with E-state index in [9.17, 15) is 143 Å². The maximum Gasteiger partial charge on any atom is 0.321 e. The van der Waals surface area contributed by atoms with E-state index in [1.807, 2.05) is 6.92 Å². The van der Waals surface area contributed by atoms with Gasteiger partial charge in [-0.3, -0.25) is 76.7 Å². The molecule has 119 heavy (non-hydrogen) atoms. The Balaban J connectivity index is -0.00000176. The molecule has 0 saturated heterocycles. The molecule has 0 rings (SSSR count). The van der Waals surface area contributed by atoms with Gasteiger partial charge in [-0.15, -0.1) is 11.8 Å². The highest BCUT2D eigenvalue weighted by molar-refractivity contribution is 8.00. The minimum Gasteiger partial charge on any atom is -0.481 e. The Morgan fingerprint density at radius 3 is 1.09 bits per heavy atom. The van der Waals surface area contributed by atoms with Gasteiger partial charge in [0.25, 0.3) is 17.7 Å². The predicted molar refractivity (Wildman–Crippen MR) is 427 cm³/mol. The second kappa shape index (κ2) is 72.9. The van der Waals surface area contributed by atoms with Gasteiger partial charge in [0.1, 0.15) is 95.7 Å². The van der Waals surface area contributed by atoms with Crippen LogP contribution in [-0.4, -0.2) is 387 Å². The SMILES string of the molecule is CCCCNC(=O)[C@@H](O)[C@H](O)[C@H](O)[C@@H](O)C(=O)CCCNC(=O)CCOCCC(C)=O.CNC(CSCC(=O)NCCCC(=O)[C@H](O)[C@@H](O)[C@@H](O)[C@H](O)C(=O)NCCCC(=O)CSCC(CC(=O)CCOCCC(C)=O)C(=O)O)C(=O)O.CNCCOCCNC(=O)[C@@H](O)[C@H](O)[C@H](O)[C@@H](O)C(=O)CCCOCCCC(=O)CCOCCC(C)=O. The van der Waals surface area contributed by atoms with Crippen molar-refractivity contribution in [1.82, 2.24) is 37.2 Å². The summed E-state index contributed by atoms with van der Waals surface area (Å²) in [7, 11) is 3.24. The Hall–Kier alpha value is -6.74. The van der Waals surface area contributed by atoms with Crippen LogP contribution >= 0.6 is 23.5 Å². The molecule has 42 nitrogen and oxygen atoms in total. The molecule has 0 aliphatic rings. The summed E-state index contributed by atoms with van der Waals surface area (Å²) < 4.78 is 26.1. The average Bonchev–Trinajstić information content (AvgIpc) is 0.872. The Kier molecular flexibility index (Phi) is 71.3. The number of aliphatic hydroxyl groups is 12. The number of unbranched alkanes of at least 4 members (excludes halogenated alkanes) is 1. The molecule has 21 N–H and O–H groups in total. The first kappa shape index (κ1) is 116. The predicted octanol–water partition coefficient (Wildman–Crippen LogP) is -6.37. The number of aliphatic carboxylic acids is 2. The average molecular weight is 1760 g/mol. The summed E-state index contributed by atoms with van der Waals surface area (Å²) in [6, 6.07) is -0.816. The highest BCUT2D eigenvalue weighted by Gasteiger charge is 2.40. The van der Waals surface area contributed by atoms with Crippen molar-refractivity contribution in [2.75, 3.05) is 142 Å². The maximum absolute atomic E-state index is 12.2. The number of carboxylic acids is 2. The zero-order valence-corrected chi connectivity index (χ0v) is 70.4. The minimum atomic E-state index is -2.24. The summed E-state index contributed by atoms with van der Waals surface area (Å²) >= 11 is 2.13. The second-order valence-electron chi connectivity index (χ2n) is 27.3. The highest BCUT2D eigenvalue weighted by atomic mass is 32.2. The normalized spacial score (nSPS) is 14.7. The zero-order valence-electron chi connectivity index (χ0n) is 68.8. The van der Waals surface area contributed by atoms with Gasteiger partial charge in [-0.05, 0) is 73.4 Å². The molecular formula is C75H131N7O35S2. The molecule has 44 heteroatoms. The number of carboxylic acid groups (broad SMARTS) is 2. The number of nitrogens with one attached hydrogen (secondary N) is 7. The van der Waals surface area contributed by atoms with Gasteiger partial charge in [0.15, 0.2) is 35.7 Å². The fraction of sp³-hybridized carbons (Fsp3) is 0.787. The van der Waals surface area contributed by atoms with Crippen molar-refractivity contribution >= 4 is 117 Å². The van der Waals surface area contributed by atoms with E-state index in [1.54, 1.807) is 7.05 Å². The number of hydrogen-bond acceptors (Lipinski definition) is 37. The van der Waals surface area contributed by atoms with Crippen molar-refractivity contribution in [3.63, 3.8) is 0 Å². The molecule has 0 fully saturated rings. The minimum absolute atomic E-state index is 0.00121. The summed E-state index contributed by atoms with van der Waals surface area (Å²) in [4.78, 5) is 186. The molecule has 0 aliphatic heterocycles. The molecule has 0 spiro atoms. The number of carbonyl (C=O) groups excluding carboxylic acids is 14. The van der Waals surface area contributed by atoms with Gasteiger partial charge in [-0.1, -0.05) is 13.3 Å². The van der Waals surface area contributed by atoms with Gasteiger partial charge in [0.2, 0.25) is 11.8 Å². The van der Waals surface area contributed by atoms with Crippen LogP contribution in [0.25, 0.3) is 0 Å². The van der Waals surface area contributed by atoms with Gasteiger partial charge in [0, 0.05) is 141 Å². The first-order chi connectivity index (χ1) is 56.2. The lowest BCUT2D eigenvalue weighted by atomic mass is 9.97. The van der Waals surface area contributed by atoms with Gasteiger partial charge < -0.3 is 132 Å². The molecule has 0 heterocycles. The van der Waals surface area contributed by atoms with E-state index >= 15 is 0 Å². The summed E-state index contributed by atoms with van der Waals surface area (Å²) in [5, 5.41) is 156. The molecule has 5 amide bonds. The molecule has 0 aromatic rings. The summed E-state index contributed by atoms with van der Waals surface area (Å²) in [6.45, 7) is 9.60. The van der Waals surface area contributed by atoms with Crippen LogP contribution in [0, 0.1) is 5.92 Å². The van der Waals surface area contributed by atoms with Crippen LogP contribution in [0.1, 0.15) is 150 Å². The Morgan fingerprint density at radius 2 is 0.664 bits per heavy atom. The molecule has 0 radical (unpaired) electrons. The molecule has 14 atom stereocenters. The van der Waals surface area contributed by atoms with Crippen LogP contribution in [0.3, 0.4) is 0 Å².